The van der Waals surface area contributed by atoms with Crippen molar-refractivity contribution in [1.29, 1.82) is 0 Å². The number of morpholine rings is 1. The van der Waals surface area contributed by atoms with Crippen molar-refractivity contribution < 1.29 is 110 Å². The van der Waals surface area contributed by atoms with E-state index in [9.17, 15) is 52.7 Å². The zero-order valence-electron chi connectivity index (χ0n) is 40.9. The van der Waals surface area contributed by atoms with Gasteiger partial charge in [-0.25, -0.2) is 38.4 Å². The number of hydrogen-bond acceptors (Lipinski definition) is 27. The van der Waals surface area contributed by atoms with E-state index in [0.717, 1.165) is 60.2 Å². The number of aromatic nitrogens is 2. The average Bonchev–Trinajstić information content (AvgIpc) is 3.75. The van der Waals surface area contributed by atoms with Gasteiger partial charge in [-0.3, -0.25) is 14.4 Å². The smallest absolute Gasteiger partial charge is 0.347 e. The Bertz CT molecular complexity index is 2030. The maximum Gasteiger partial charge on any atom is 0.347 e. The highest BCUT2D eigenvalue weighted by molar-refractivity contribution is 6.99. The molecule has 2 heterocycles. The molecule has 1 fully saturated rings. The molecular formula is C42H60N4O23S. The lowest BCUT2D eigenvalue weighted by Crippen LogP contribution is -2.52. The number of amides is 1. The summed E-state index contributed by atoms with van der Waals surface area (Å²) in [6.45, 7) is 14.3. The highest BCUT2D eigenvalue weighted by Crippen LogP contribution is 2.27. The molecule has 70 heavy (non-hydrogen) atoms. The fourth-order valence-electron chi connectivity index (χ4n) is 5.46. The van der Waals surface area contributed by atoms with Crippen LogP contribution in [0.1, 0.15) is 83.1 Å². The molecule has 1 aliphatic heterocycles. The number of ether oxygens (including phenoxy) is 12. The number of carbonyl (C=O) groups is 11. The number of nitrogens with zero attached hydrogens (tertiary/aromatic N) is 4. The van der Waals surface area contributed by atoms with E-state index in [0.29, 0.717) is 32.1 Å². The molecule has 1 saturated heterocycles. The van der Waals surface area contributed by atoms with E-state index in [1.807, 2.05) is 4.90 Å². The van der Waals surface area contributed by atoms with Crippen molar-refractivity contribution in [3.8, 4) is 5.88 Å². The lowest BCUT2D eigenvalue weighted by Gasteiger charge is -2.37. The highest BCUT2D eigenvalue weighted by Gasteiger charge is 2.35. The van der Waals surface area contributed by atoms with E-state index in [1.165, 1.54) is 18.7 Å². The average molecular weight is 1020 g/mol. The molecule has 8 atom stereocenters. The fourth-order valence-corrected chi connectivity index (χ4v) is 5.99. The van der Waals surface area contributed by atoms with Gasteiger partial charge in [0, 0.05) is 32.5 Å². The molecule has 0 bridgehead atoms. The lowest BCUT2D eigenvalue weighted by molar-refractivity contribution is -0.188. The lowest BCUT2D eigenvalue weighted by atomic mass is 10.1. The molecule has 7 unspecified atom stereocenters. The van der Waals surface area contributed by atoms with E-state index in [-0.39, 0.29) is 12.4 Å². The molecule has 2 rings (SSSR count). The van der Waals surface area contributed by atoms with Gasteiger partial charge in [-0.1, -0.05) is 0 Å². The Hall–Kier alpha value is -6.71. The van der Waals surface area contributed by atoms with Crippen molar-refractivity contribution in [1.82, 2.24) is 13.6 Å². The number of rotatable bonds is 25. The molecule has 0 N–H and O–H groups in total. The normalized spacial score (nSPS) is 15.8. The van der Waals surface area contributed by atoms with Gasteiger partial charge in [-0.05, 0) is 69.2 Å². The van der Waals surface area contributed by atoms with E-state index in [4.69, 9.17) is 52.1 Å². The van der Waals surface area contributed by atoms with E-state index < -0.39 is 140 Å². The van der Waals surface area contributed by atoms with Crippen molar-refractivity contribution in [3.05, 3.63) is 0 Å². The zero-order valence-corrected chi connectivity index (χ0v) is 41.7. The quantitative estimate of drug-likeness (QED) is 0.0914. The van der Waals surface area contributed by atoms with Crippen molar-refractivity contribution in [2.45, 2.75) is 137 Å². The second kappa shape index (κ2) is 28.1. The summed E-state index contributed by atoms with van der Waals surface area (Å²) in [6, 6.07) is 0. The van der Waals surface area contributed by atoms with Gasteiger partial charge in [0.25, 0.3) is 11.8 Å². The van der Waals surface area contributed by atoms with Gasteiger partial charge in [0.15, 0.2) is 62.0 Å². The van der Waals surface area contributed by atoms with Crippen LogP contribution in [0.3, 0.4) is 0 Å². The molecule has 27 nitrogen and oxygen atoms in total. The minimum atomic E-state index is -1.67. The summed E-state index contributed by atoms with van der Waals surface area (Å²) in [7, 11) is 0. The monoisotopic (exact) mass is 1020 g/mol. The van der Waals surface area contributed by atoms with Crippen molar-refractivity contribution in [2.24, 2.45) is 0 Å². The van der Waals surface area contributed by atoms with Gasteiger partial charge in [-0.15, -0.1) is 4.37 Å². The first-order valence-electron chi connectivity index (χ1n) is 21.6. The van der Waals surface area contributed by atoms with Gasteiger partial charge in [0.2, 0.25) is 5.82 Å². The van der Waals surface area contributed by atoms with Crippen LogP contribution in [0, 0.1) is 0 Å². The van der Waals surface area contributed by atoms with Crippen molar-refractivity contribution in [3.63, 3.8) is 0 Å². The first-order chi connectivity index (χ1) is 32.6. The van der Waals surface area contributed by atoms with E-state index >= 15 is 0 Å². The summed E-state index contributed by atoms with van der Waals surface area (Å²) in [5, 5.41) is 0. The molecule has 1 aliphatic rings. The van der Waals surface area contributed by atoms with Crippen LogP contribution in [-0.4, -0.2) is 186 Å². The molecule has 28 heteroatoms. The predicted octanol–water partition coefficient (Wildman–Crippen LogP) is -0.0595. The Morgan fingerprint density at radius 1 is 0.571 bits per heavy atom. The Kier molecular flexibility index (Phi) is 23.8. The summed E-state index contributed by atoms with van der Waals surface area (Å²) in [5.74, 6) is -11.0. The molecule has 1 aromatic heterocycles. The molecule has 0 radical (unpaired) electrons. The van der Waals surface area contributed by atoms with Crippen LogP contribution < -0.4 is 9.64 Å². The third-order valence-electron chi connectivity index (χ3n) is 9.10. The van der Waals surface area contributed by atoms with Crippen LogP contribution in [0.2, 0.25) is 0 Å². The Morgan fingerprint density at radius 2 is 0.957 bits per heavy atom. The van der Waals surface area contributed by atoms with Crippen LogP contribution in [0.4, 0.5) is 5.82 Å². The summed E-state index contributed by atoms with van der Waals surface area (Å²) in [6.07, 6.45) is -12.0. The topological polar surface area (TPSA) is 331 Å². The minimum absolute atomic E-state index is 0.109. The molecule has 1 amide bonds. The van der Waals surface area contributed by atoms with Crippen molar-refractivity contribution in [2.75, 3.05) is 57.6 Å². The fraction of sp³-hybridized carbons (Fsp3) is 0.690. The standard InChI is InChI=1S/C42H60N4O23S/c1-21(62-28(8)47)35(51)61-20-32(50)69-30(18-59-34-33(43-70-44-34)45-13-15-58-16-14-45)17-46(42(10,11)12)31(49)19-60-36(52)22(2)64-38(54)24(4)66-40(56)26(6)68-41(57)27(7)67-39(55)25(5)65-37(53)23(3)63-29(9)48/h21-27,30H,13-20H2,1-12H3/t21?,22?,23?,24?,25?,26?,27?,30-/m0/s1. The zero-order chi connectivity index (χ0) is 53.0. The summed E-state index contributed by atoms with van der Waals surface area (Å²) >= 11 is 0.872. The third-order valence-corrected chi connectivity index (χ3v) is 9.60. The van der Waals surface area contributed by atoms with Crippen LogP contribution in [0.25, 0.3) is 0 Å². The summed E-state index contributed by atoms with van der Waals surface area (Å²) < 4.78 is 69.7. The van der Waals surface area contributed by atoms with E-state index in [1.54, 1.807) is 20.8 Å². The van der Waals surface area contributed by atoms with Gasteiger partial charge >= 0.3 is 59.7 Å². The third kappa shape index (κ3) is 20.5. The van der Waals surface area contributed by atoms with E-state index in [2.05, 4.69) is 13.5 Å². The first-order valence-corrected chi connectivity index (χ1v) is 22.3. The largest absolute Gasteiger partial charge is 0.470 e. The molecular weight excluding hydrogens is 961 g/mol. The second-order valence-electron chi connectivity index (χ2n) is 16.2. The maximum absolute atomic E-state index is 13.7. The Morgan fingerprint density at radius 3 is 1.37 bits per heavy atom. The number of esters is 10. The summed E-state index contributed by atoms with van der Waals surface area (Å²) in [5.41, 5.74) is -1.02. The van der Waals surface area contributed by atoms with Gasteiger partial charge in [-0.2, -0.15) is 4.37 Å². The maximum atomic E-state index is 13.7. The Labute approximate surface area is 406 Å². The molecule has 0 aromatic carbocycles. The molecule has 0 saturated carbocycles. The second-order valence-corrected chi connectivity index (χ2v) is 16.7. The molecule has 392 valence electrons. The van der Waals surface area contributed by atoms with Gasteiger partial charge in [0.05, 0.1) is 31.5 Å². The van der Waals surface area contributed by atoms with Crippen LogP contribution in [0.15, 0.2) is 0 Å². The summed E-state index contributed by atoms with van der Waals surface area (Å²) in [4.78, 5) is 140. The van der Waals surface area contributed by atoms with Crippen LogP contribution >= 0.6 is 11.7 Å². The first kappa shape index (κ1) is 59.4. The minimum Gasteiger partial charge on any atom is -0.470 e. The Balaban J connectivity index is 2.01. The molecule has 0 aliphatic carbocycles. The van der Waals surface area contributed by atoms with Crippen molar-refractivity contribution >= 4 is 83.1 Å². The predicted molar refractivity (Wildman–Crippen MR) is 232 cm³/mol. The van der Waals surface area contributed by atoms with Gasteiger partial charge < -0.3 is 66.6 Å². The highest BCUT2D eigenvalue weighted by atomic mass is 32.1. The van der Waals surface area contributed by atoms with Crippen LogP contribution in [-0.2, 0) is 105 Å². The van der Waals surface area contributed by atoms with Gasteiger partial charge in [0.1, 0.15) is 6.61 Å². The SMILES string of the molecule is CC(=O)OC(C)C(=O)OCC(=O)O[C@H](COc1nsnc1N1CCOCC1)CN(C(=O)COC(=O)C(C)OC(=O)C(C)OC(=O)C(C)OC(=O)C(C)OC(=O)C(C)OC(=O)C(C)OC(C)=O)C(C)(C)C. The molecule has 0 spiro atoms. The number of carbonyl (C=O) groups excluding carboxylic acids is 11. The molecule has 1 aromatic rings. The van der Waals surface area contributed by atoms with Crippen LogP contribution in [0.5, 0.6) is 5.88 Å². The number of hydrogen-bond donors (Lipinski definition) is 0. The number of anilines is 1.